The van der Waals surface area contributed by atoms with E-state index < -0.39 is 9.84 Å². The van der Waals surface area contributed by atoms with E-state index in [0.29, 0.717) is 25.5 Å². The van der Waals surface area contributed by atoms with Crippen molar-refractivity contribution in [3.05, 3.63) is 35.1 Å². The summed E-state index contributed by atoms with van der Waals surface area (Å²) in [6.45, 7) is 3.18. The van der Waals surface area contributed by atoms with Crippen molar-refractivity contribution in [2.75, 3.05) is 31.6 Å². The van der Waals surface area contributed by atoms with E-state index in [1.165, 1.54) is 12.1 Å². The van der Waals surface area contributed by atoms with Gasteiger partial charge in [0.1, 0.15) is 5.82 Å². The molecule has 1 heterocycles. The van der Waals surface area contributed by atoms with E-state index in [-0.39, 0.29) is 47.2 Å². The van der Waals surface area contributed by atoms with Crippen LogP contribution in [0.4, 0.5) is 4.39 Å². The number of aliphatic imine (C=N–C) groups is 1. The zero-order valence-electron chi connectivity index (χ0n) is 14.0. The second-order valence-electron chi connectivity index (χ2n) is 5.97. The molecule has 1 aromatic carbocycles. The number of hydrogen-bond acceptors (Lipinski definition) is 3. The van der Waals surface area contributed by atoms with Crippen LogP contribution in [0.1, 0.15) is 17.5 Å². The average molecular weight is 469 g/mol. The van der Waals surface area contributed by atoms with E-state index in [1.54, 1.807) is 13.1 Å². The molecule has 5 nitrogen and oxygen atoms in total. The SMILES string of the molecule is CN=C(NCCc1ccc(F)cc1C)NCC1CCS(=O)(=O)C1.I. The number of aryl methyl sites for hydroxylation is 1. The summed E-state index contributed by atoms with van der Waals surface area (Å²) in [4.78, 5) is 4.14. The predicted octanol–water partition coefficient (Wildman–Crippen LogP) is 1.89. The van der Waals surface area contributed by atoms with Crippen molar-refractivity contribution in [3.8, 4) is 0 Å². The van der Waals surface area contributed by atoms with E-state index in [0.717, 1.165) is 17.5 Å². The van der Waals surface area contributed by atoms with Crippen molar-refractivity contribution in [1.82, 2.24) is 10.6 Å². The summed E-state index contributed by atoms with van der Waals surface area (Å²) in [6.07, 6.45) is 1.48. The number of nitrogens with zero attached hydrogens (tertiary/aromatic N) is 1. The maximum absolute atomic E-state index is 13.1. The normalized spacial score (nSPS) is 19.6. The summed E-state index contributed by atoms with van der Waals surface area (Å²) in [5, 5.41) is 6.37. The molecule has 1 aliphatic rings. The summed E-state index contributed by atoms with van der Waals surface area (Å²) in [7, 11) is -1.16. The molecule has 1 fully saturated rings. The Morgan fingerprint density at radius 2 is 2.12 bits per heavy atom. The molecule has 0 radical (unpaired) electrons. The van der Waals surface area contributed by atoms with Crippen molar-refractivity contribution >= 4 is 39.8 Å². The molecule has 1 aliphatic heterocycles. The lowest BCUT2D eigenvalue weighted by Gasteiger charge is -2.15. The number of guanidine groups is 1. The highest BCUT2D eigenvalue weighted by Gasteiger charge is 2.27. The van der Waals surface area contributed by atoms with Crippen LogP contribution < -0.4 is 10.6 Å². The molecule has 0 spiro atoms. The smallest absolute Gasteiger partial charge is 0.190 e. The number of halogens is 2. The fourth-order valence-corrected chi connectivity index (χ4v) is 4.61. The monoisotopic (exact) mass is 469 g/mol. The predicted molar refractivity (Wildman–Crippen MR) is 106 cm³/mol. The Kier molecular flexibility index (Phi) is 8.41. The highest BCUT2D eigenvalue weighted by atomic mass is 127. The van der Waals surface area contributed by atoms with Crippen LogP contribution in [0.2, 0.25) is 0 Å². The second-order valence-corrected chi connectivity index (χ2v) is 8.20. The summed E-state index contributed by atoms with van der Waals surface area (Å²) in [6, 6.07) is 4.80. The molecule has 0 saturated carbocycles. The molecule has 0 bridgehead atoms. The molecule has 1 unspecified atom stereocenters. The highest BCUT2D eigenvalue weighted by Crippen LogP contribution is 2.17. The number of rotatable bonds is 5. The Morgan fingerprint density at radius 1 is 1.38 bits per heavy atom. The largest absolute Gasteiger partial charge is 0.356 e. The first-order chi connectivity index (χ1) is 10.9. The van der Waals surface area contributed by atoms with Gasteiger partial charge in [0.05, 0.1) is 11.5 Å². The van der Waals surface area contributed by atoms with Crippen LogP contribution in [-0.2, 0) is 16.3 Å². The molecule has 1 atom stereocenters. The number of nitrogens with one attached hydrogen (secondary N) is 2. The maximum atomic E-state index is 13.1. The molecule has 1 saturated heterocycles. The second kappa shape index (κ2) is 9.55. The van der Waals surface area contributed by atoms with Crippen LogP contribution in [0.5, 0.6) is 0 Å². The van der Waals surface area contributed by atoms with Crippen LogP contribution >= 0.6 is 24.0 Å². The van der Waals surface area contributed by atoms with Crippen LogP contribution in [0, 0.1) is 18.7 Å². The summed E-state index contributed by atoms with van der Waals surface area (Å²) in [5.41, 5.74) is 2.03. The Bertz CT molecular complexity index is 680. The Balaban J connectivity index is 0.00000288. The third kappa shape index (κ3) is 6.54. The van der Waals surface area contributed by atoms with Crippen LogP contribution in [0.3, 0.4) is 0 Å². The van der Waals surface area contributed by atoms with Gasteiger partial charge in [0.15, 0.2) is 15.8 Å². The van der Waals surface area contributed by atoms with Crippen LogP contribution in [0.15, 0.2) is 23.2 Å². The Morgan fingerprint density at radius 3 is 2.71 bits per heavy atom. The molecule has 0 amide bonds. The van der Waals surface area contributed by atoms with Gasteiger partial charge in [-0.3, -0.25) is 4.99 Å². The van der Waals surface area contributed by atoms with E-state index in [9.17, 15) is 12.8 Å². The zero-order valence-corrected chi connectivity index (χ0v) is 17.2. The van der Waals surface area contributed by atoms with Gasteiger partial charge in [-0.05, 0) is 48.9 Å². The molecule has 0 aliphatic carbocycles. The molecule has 24 heavy (non-hydrogen) atoms. The van der Waals surface area contributed by atoms with Gasteiger partial charge in [0.2, 0.25) is 0 Å². The van der Waals surface area contributed by atoms with Crippen molar-refractivity contribution in [2.24, 2.45) is 10.9 Å². The van der Waals surface area contributed by atoms with Gasteiger partial charge in [-0.25, -0.2) is 12.8 Å². The maximum Gasteiger partial charge on any atom is 0.190 e. The van der Waals surface area contributed by atoms with Gasteiger partial charge in [-0.15, -0.1) is 24.0 Å². The highest BCUT2D eigenvalue weighted by molar-refractivity contribution is 14.0. The van der Waals surface area contributed by atoms with E-state index in [2.05, 4.69) is 15.6 Å². The van der Waals surface area contributed by atoms with Crippen molar-refractivity contribution in [1.29, 1.82) is 0 Å². The minimum atomic E-state index is -2.84. The number of hydrogen-bond donors (Lipinski definition) is 2. The first kappa shape index (κ1) is 21.1. The fraction of sp³-hybridized carbons (Fsp3) is 0.562. The molecule has 1 aromatic rings. The fourth-order valence-electron chi connectivity index (χ4n) is 2.75. The lowest BCUT2D eigenvalue weighted by Crippen LogP contribution is -2.40. The first-order valence-electron chi connectivity index (χ1n) is 7.79. The van der Waals surface area contributed by atoms with Gasteiger partial charge in [-0.1, -0.05) is 6.07 Å². The molecule has 136 valence electrons. The van der Waals surface area contributed by atoms with Crippen LogP contribution in [-0.4, -0.2) is 46.0 Å². The zero-order chi connectivity index (χ0) is 16.9. The Labute approximate surface area is 160 Å². The van der Waals surface area contributed by atoms with Crippen molar-refractivity contribution in [3.63, 3.8) is 0 Å². The van der Waals surface area contributed by atoms with Gasteiger partial charge < -0.3 is 10.6 Å². The molecule has 2 N–H and O–H groups in total. The van der Waals surface area contributed by atoms with Gasteiger partial charge in [0.25, 0.3) is 0 Å². The average Bonchev–Trinajstić information content (AvgIpc) is 2.84. The number of sulfone groups is 1. The Hall–Kier alpha value is -0.900. The minimum Gasteiger partial charge on any atom is -0.356 e. The van der Waals surface area contributed by atoms with Gasteiger partial charge in [0, 0.05) is 20.1 Å². The summed E-state index contributed by atoms with van der Waals surface area (Å²) in [5.74, 6) is 1.14. The minimum absolute atomic E-state index is 0. The standard InChI is InChI=1S/C16H24FN3O2S.HI/c1-12-9-15(17)4-3-14(12)5-7-19-16(18-2)20-10-13-6-8-23(21,22)11-13;/h3-4,9,13H,5-8,10-11H2,1-2H3,(H2,18,19,20);1H. The summed E-state index contributed by atoms with van der Waals surface area (Å²) < 4.78 is 35.9. The molecule has 0 aromatic heterocycles. The first-order valence-corrected chi connectivity index (χ1v) is 9.62. The lowest BCUT2D eigenvalue weighted by atomic mass is 10.1. The lowest BCUT2D eigenvalue weighted by molar-refractivity contribution is 0.567. The van der Waals surface area contributed by atoms with E-state index >= 15 is 0 Å². The van der Waals surface area contributed by atoms with Crippen LogP contribution in [0.25, 0.3) is 0 Å². The van der Waals surface area contributed by atoms with Crippen molar-refractivity contribution < 1.29 is 12.8 Å². The number of benzene rings is 1. The van der Waals surface area contributed by atoms with Gasteiger partial charge >= 0.3 is 0 Å². The van der Waals surface area contributed by atoms with E-state index in [1.807, 2.05) is 6.92 Å². The molecular formula is C16H25FIN3O2S. The molecular weight excluding hydrogens is 444 g/mol. The van der Waals surface area contributed by atoms with E-state index in [4.69, 9.17) is 0 Å². The van der Waals surface area contributed by atoms with Gasteiger partial charge in [-0.2, -0.15) is 0 Å². The topological polar surface area (TPSA) is 70.6 Å². The molecule has 8 heteroatoms. The quantitative estimate of drug-likeness (QED) is 0.393. The molecule has 2 rings (SSSR count). The van der Waals surface area contributed by atoms with Crippen molar-refractivity contribution in [2.45, 2.75) is 19.8 Å². The third-order valence-electron chi connectivity index (χ3n) is 4.10. The third-order valence-corrected chi connectivity index (χ3v) is 5.94. The summed E-state index contributed by atoms with van der Waals surface area (Å²) >= 11 is 0.